The molecule has 0 N–H and O–H groups in total. The van der Waals surface area contributed by atoms with Crippen LogP contribution in [0.2, 0.25) is 0 Å². The van der Waals surface area contributed by atoms with Crippen molar-refractivity contribution in [2.75, 3.05) is 18.8 Å². The maximum absolute atomic E-state index is 12.5. The van der Waals surface area contributed by atoms with Crippen molar-refractivity contribution in [3.63, 3.8) is 0 Å². The molecule has 1 saturated heterocycles. The molecule has 2 rings (SSSR count). The van der Waals surface area contributed by atoms with Crippen molar-refractivity contribution in [2.24, 2.45) is 5.92 Å². The highest BCUT2D eigenvalue weighted by atomic mass is 32.2. The predicted molar refractivity (Wildman–Crippen MR) is 82.4 cm³/mol. The van der Waals surface area contributed by atoms with E-state index in [0.29, 0.717) is 6.42 Å². The lowest BCUT2D eigenvalue weighted by Gasteiger charge is -2.38. The maximum atomic E-state index is 12.5. The van der Waals surface area contributed by atoms with E-state index in [4.69, 9.17) is 0 Å². The van der Waals surface area contributed by atoms with Crippen molar-refractivity contribution >= 4 is 17.7 Å². The number of rotatable bonds is 3. The Kier molecular flexibility index (Phi) is 4.72. The van der Waals surface area contributed by atoms with Gasteiger partial charge in [0.05, 0.1) is 6.07 Å². The van der Waals surface area contributed by atoms with E-state index < -0.39 is 5.92 Å². The average molecular weight is 288 g/mol. The highest BCUT2D eigenvalue weighted by molar-refractivity contribution is 8.00. The van der Waals surface area contributed by atoms with Crippen LogP contribution in [0.1, 0.15) is 19.4 Å². The molecule has 1 aromatic carbocycles. The molecule has 3 nitrogen and oxygen atoms in total. The van der Waals surface area contributed by atoms with Gasteiger partial charge in [-0.05, 0) is 25.8 Å². The zero-order valence-electron chi connectivity index (χ0n) is 12.0. The fourth-order valence-corrected chi connectivity index (χ4v) is 3.57. The fourth-order valence-electron chi connectivity index (χ4n) is 2.46. The lowest BCUT2D eigenvalue weighted by molar-refractivity contribution is -0.134. The fraction of sp³-hybridized carbons (Fsp3) is 0.500. The van der Waals surface area contributed by atoms with Gasteiger partial charge < -0.3 is 4.90 Å². The molecule has 0 radical (unpaired) electrons. The summed E-state index contributed by atoms with van der Waals surface area (Å²) in [5.41, 5.74) is 1.04. The Bertz CT molecular complexity index is 507. The smallest absolute Gasteiger partial charge is 0.240 e. The topological polar surface area (TPSA) is 44.1 Å². The summed E-state index contributed by atoms with van der Waals surface area (Å²) in [5, 5.41) is 9.32. The second-order valence-electron chi connectivity index (χ2n) is 5.74. The van der Waals surface area contributed by atoms with Crippen LogP contribution < -0.4 is 0 Å². The molecule has 0 spiro atoms. The van der Waals surface area contributed by atoms with Crippen molar-refractivity contribution in [2.45, 2.75) is 25.0 Å². The third kappa shape index (κ3) is 3.77. The molecule has 0 bridgehead atoms. The molecule has 106 valence electrons. The maximum Gasteiger partial charge on any atom is 0.240 e. The number of hydrogen-bond donors (Lipinski definition) is 0. The Labute approximate surface area is 125 Å². The van der Waals surface area contributed by atoms with E-state index in [2.05, 4.69) is 19.9 Å². The molecule has 0 aliphatic carbocycles. The minimum Gasteiger partial charge on any atom is -0.339 e. The van der Waals surface area contributed by atoms with Gasteiger partial charge in [-0.15, -0.1) is 0 Å². The van der Waals surface area contributed by atoms with Crippen LogP contribution in [0.4, 0.5) is 0 Å². The van der Waals surface area contributed by atoms with E-state index in [0.717, 1.165) is 24.4 Å². The van der Waals surface area contributed by atoms with Crippen molar-refractivity contribution in [3.05, 3.63) is 35.9 Å². The Hall–Kier alpha value is -1.47. The van der Waals surface area contributed by atoms with E-state index in [1.54, 1.807) is 0 Å². The quantitative estimate of drug-likeness (QED) is 0.859. The largest absolute Gasteiger partial charge is 0.339 e. The van der Waals surface area contributed by atoms with Gasteiger partial charge in [0, 0.05) is 23.6 Å². The third-order valence-electron chi connectivity index (χ3n) is 3.47. The van der Waals surface area contributed by atoms with Crippen LogP contribution in [-0.2, 0) is 11.2 Å². The average Bonchev–Trinajstić information content (AvgIpc) is 2.44. The second kappa shape index (κ2) is 6.32. The molecule has 1 amide bonds. The first-order valence-electron chi connectivity index (χ1n) is 6.88. The van der Waals surface area contributed by atoms with Gasteiger partial charge in [-0.3, -0.25) is 4.79 Å². The van der Waals surface area contributed by atoms with E-state index in [1.165, 1.54) is 0 Å². The standard InChI is InChI=1S/C16H20N2OS/c1-16(2)12-18(8-9-20-16)15(19)14(11-17)10-13-6-4-3-5-7-13/h3-7,14H,8-10,12H2,1-2H3. The molecule has 20 heavy (non-hydrogen) atoms. The van der Waals surface area contributed by atoms with Crippen molar-refractivity contribution in [3.8, 4) is 6.07 Å². The normalized spacial score (nSPS) is 19.1. The zero-order valence-corrected chi connectivity index (χ0v) is 12.8. The second-order valence-corrected chi connectivity index (χ2v) is 7.54. The van der Waals surface area contributed by atoms with Crippen LogP contribution in [0.15, 0.2) is 30.3 Å². The summed E-state index contributed by atoms with van der Waals surface area (Å²) < 4.78 is 0.0840. The summed E-state index contributed by atoms with van der Waals surface area (Å²) >= 11 is 1.89. The monoisotopic (exact) mass is 288 g/mol. The van der Waals surface area contributed by atoms with Crippen molar-refractivity contribution < 1.29 is 4.79 Å². The Morgan fingerprint density at radius 1 is 1.45 bits per heavy atom. The number of nitriles is 1. The number of carbonyl (C=O) groups is 1. The van der Waals surface area contributed by atoms with E-state index >= 15 is 0 Å². The Morgan fingerprint density at radius 3 is 2.75 bits per heavy atom. The van der Waals surface area contributed by atoms with Crippen LogP contribution in [0.25, 0.3) is 0 Å². The van der Waals surface area contributed by atoms with Gasteiger partial charge in [0.2, 0.25) is 5.91 Å². The number of nitrogens with zero attached hydrogens (tertiary/aromatic N) is 2. The molecule has 1 aliphatic heterocycles. The lowest BCUT2D eigenvalue weighted by atomic mass is 9.98. The van der Waals surface area contributed by atoms with Crippen molar-refractivity contribution in [1.29, 1.82) is 5.26 Å². The van der Waals surface area contributed by atoms with Crippen LogP contribution in [0.3, 0.4) is 0 Å². The van der Waals surface area contributed by atoms with Gasteiger partial charge in [-0.25, -0.2) is 0 Å². The van der Waals surface area contributed by atoms with E-state index in [-0.39, 0.29) is 10.7 Å². The SMILES string of the molecule is CC1(C)CN(C(=O)C(C#N)Cc2ccccc2)CCS1. The highest BCUT2D eigenvalue weighted by Gasteiger charge is 2.33. The molecule has 0 saturated carbocycles. The van der Waals surface area contributed by atoms with Crippen LogP contribution in [-0.4, -0.2) is 34.4 Å². The first-order chi connectivity index (χ1) is 9.52. The molecule has 1 aliphatic rings. The minimum atomic E-state index is -0.573. The van der Waals surface area contributed by atoms with Gasteiger partial charge in [-0.1, -0.05) is 30.3 Å². The van der Waals surface area contributed by atoms with Gasteiger partial charge in [0.15, 0.2) is 0 Å². The number of benzene rings is 1. The summed E-state index contributed by atoms with van der Waals surface area (Å²) in [6.45, 7) is 5.77. The van der Waals surface area contributed by atoms with E-state index in [9.17, 15) is 10.1 Å². The summed E-state index contributed by atoms with van der Waals surface area (Å²) in [4.78, 5) is 14.4. The van der Waals surface area contributed by atoms with Gasteiger partial charge in [0.1, 0.15) is 5.92 Å². The number of thioether (sulfide) groups is 1. The predicted octanol–water partition coefficient (Wildman–Crippen LogP) is 2.72. The molecule has 1 aromatic rings. The molecular formula is C16H20N2OS. The minimum absolute atomic E-state index is 0.0234. The van der Waals surface area contributed by atoms with Crippen molar-refractivity contribution in [1.82, 2.24) is 4.90 Å². The number of hydrogen-bond acceptors (Lipinski definition) is 3. The summed E-state index contributed by atoms with van der Waals surface area (Å²) in [6.07, 6.45) is 0.500. The summed E-state index contributed by atoms with van der Waals surface area (Å²) in [7, 11) is 0. The Morgan fingerprint density at radius 2 is 2.15 bits per heavy atom. The number of amides is 1. The first-order valence-corrected chi connectivity index (χ1v) is 7.87. The van der Waals surface area contributed by atoms with Gasteiger partial charge >= 0.3 is 0 Å². The van der Waals surface area contributed by atoms with Crippen LogP contribution in [0, 0.1) is 17.2 Å². The molecule has 4 heteroatoms. The lowest BCUT2D eigenvalue weighted by Crippen LogP contribution is -2.48. The molecule has 0 aromatic heterocycles. The third-order valence-corrected chi connectivity index (χ3v) is 4.77. The Balaban J connectivity index is 2.04. The first kappa shape index (κ1) is 14.9. The highest BCUT2D eigenvalue weighted by Crippen LogP contribution is 2.30. The molecule has 1 heterocycles. The van der Waals surface area contributed by atoms with Crippen LogP contribution in [0.5, 0.6) is 0 Å². The molecule has 1 fully saturated rings. The van der Waals surface area contributed by atoms with Gasteiger partial charge in [-0.2, -0.15) is 17.0 Å². The molecule has 1 unspecified atom stereocenters. The van der Waals surface area contributed by atoms with E-state index in [1.807, 2.05) is 47.0 Å². The summed E-state index contributed by atoms with van der Waals surface area (Å²) in [5.74, 6) is 0.350. The number of carbonyl (C=O) groups excluding carboxylic acids is 1. The van der Waals surface area contributed by atoms with Crippen LogP contribution >= 0.6 is 11.8 Å². The zero-order chi connectivity index (χ0) is 14.6. The van der Waals surface area contributed by atoms with Gasteiger partial charge in [0.25, 0.3) is 0 Å². The summed E-state index contributed by atoms with van der Waals surface area (Å²) in [6, 6.07) is 11.9. The molecule has 1 atom stereocenters. The molecular weight excluding hydrogens is 268 g/mol.